The van der Waals surface area contributed by atoms with E-state index in [4.69, 9.17) is 15.3 Å². The molecule has 0 atom stereocenters. The van der Waals surface area contributed by atoms with Crippen LogP contribution in [0.2, 0.25) is 0 Å². The first-order valence-electron chi connectivity index (χ1n) is 5.29. The Kier molecular flexibility index (Phi) is 3.91. The Morgan fingerprint density at radius 3 is 2.06 bits per heavy atom. The molecule has 0 fully saturated rings. The van der Waals surface area contributed by atoms with Crippen molar-refractivity contribution in [3.05, 3.63) is 29.3 Å². The van der Waals surface area contributed by atoms with Gasteiger partial charge in [-0.1, -0.05) is 0 Å². The molecule has 0 aromatic heterocycles. The summed E-state index contributed by atoms with van der Waals surface area (Å²) in [6.45, 7) is 5.25. The summed E-state index contributed by atoms with van der Waals surface area (Å²) in [6.07, 6.45) is -0.624. The molecule has 0 saturated carbocycles. The van der Waals surface area contributed by atoms with Crippen molar-refractivity contribution in [3.63, 3.8) is 0 Å². The van der Waals surface area contributed by atoms with E-state index in [1.165, 1.54) is 18.2 Å². The number of rotatable bonds is 1. The predicted molar refractivity (Wildman–Crippen MR) is 65.7 cm³/mol. The van der Waals surface area contributed by atoms with Crippen molar-refractivity contribution in [3.8, 4) is 12.1 Å². The molecule has 0 heterocycles. The normalized spacial score (nSPS) is 10.1. The number of nitrogens with one attached hydrogen (secondary N) is 1. The quantitative estimate of drug-likeness (QED) is 0.821. The summed E-state index contributed by atoms with van der Waals surface area (Å²) in [4.78, 5) is 11.5. The molecule has 0 bridgehead atoms. The Morgan fingerprint density at radius 1 is 1.17 bits per heavy atom. The van der Waals surface area contributed by atoms with Crippen molar-refractivity contribution in [2.75, 3.05) is 5.32 Å². The van der Waals surface area contributed by atoms with E-state index >= 15 is 0 Å². The summed E-state index contributed by atoms with van der Waals surface area (Å²) in [6, 6.07) is 8.24. The number of ether oxygens (including phenoxy) is 1. The first-order valence-corrected chi connectivity index (χ1v) is 5.29. The molecule has 0 radical (unpaired) electrons. The van der Waals surface area contributed by atoms with Crippen molar-refractivity contribution < 1.29 is 9.53 Å². The molecule has 0 aliphatic heterocycles. The van der Waals surface area contributed by atoms with Crippen LogP contribution in [0.3, 0.4) is 0 Å². The molecule has 0 spiro atoms. The van der Waals surface area contributed by atoms with Gasteiger partial charge in [0.15, 0.2) is 0 Å². The molecule has 18 heavy (non-hydrogen) atoms. The number of hydrogen-bond donors (Lipinski definition) is 1. The van der Waals surface area contributed by atoms with Gasteiger partial charge in [0.1, 0.15) is 5.60 Å². The Bertz CT molecular complexity index is 513. The Labute approximate surface area is 106 Å². The molecule has 5 nitrogen and oxygen atoms in total. The maximum Gasteiger partial charge on any atom is 0.412 e. The fourth-order valence-corrected chi connectivity index (χ4v) is 1.25. The number of hydrogen-bond acceptors (Lipinski definition) is 4. The second-order valence-electron chi connectivity index (χ2n) is 4.65. The fourth-order valence-electron chi connectivity index (χ4n) is 1.25. The van der Waals surface area contributed by atoms with Crippen LogP contribution in [0.1, 0.15) is 31.9 Å². The molecule has 0 aliphatic rings. The number of nitrogens with zero attached hydrogens (tertiary/aromatic N) is 2. The molecule has 1 aromatic rings. The van der Waals surface area contributed by atoms with Gasteiger partial charge < -0.3 is 4.74 Å². The Morgan fingerprint density at radius 2 is 1.67 bits per heavy atom. The van der Waals surface area contributed by atoms with E-state index < -0.39 is 11.7 Å². The Hall–Kier alpha value is -2.53. The van der Waals surface area contributed by atoms with Crippen LogP contribution in [0, 0.1) is 22.7 Å². The van der Waals surface area contributed by atoms with Crippen molar-refractivity contribution in [1.29, 1.82) is 10.5 Å². The smallest absolute Gasteiger partial charge is 0.412 e. The van der Waals surface area contributed by atoms with E-state index in [0.29, 0.717) is 16.8 Å². The number of carbonyl (C=O) groups excluding carboxylic acids is 1. The number of anilines is 1. The standard InChI is InChI=1S/C13H13N3O2/c1-13(2,3)18-12(17)16-11-5-9(7-14)4-10(6-11)8-15/h4-6H,1-3H3,(H,16,17). The van der Waals surface area contributed by atoms with E-state index in [1.807, 2.05) is 12.1 Å². The summed E-state index contributed by atoms with van der Waals surface area (Å²) in [5, 5.41) is 20.1. The van der Waals surface area contributed by atoms with Gasteiger partial charge in [-0.3, -0.25) is 5.32 Å². The molecule has 0 aliphatic carbocycles. The molecule has 1 N–H and O–H groups in total. The number of carbonyl (C=O) groups is 1. The third kappa shape index (κ3) is 4.15. The van der Waals surface area contributed by atoms with Gasteiger partial charge in [0.2, 0.25) is 0 Å². The van der Waals surface area contributed by atoms with E-state index in [9.17, 15) is 4.79 Å². The lowest BCUT2D eigenvalue weighted by Crippen LogP contribution is -2.27. The third-order valence-electron chi connectivity index (χ3n) is 1.84. The van der Waals surface area contributed by atoms with Crippen LogP contribution in [-0.2, 0) is 4.74 Å². The third-order valence-corrected chi connectivity index (χ3v) is 1.84. The van der Waals surface area contributed by atoms with Gasteiger partial charge in [0, 0.05) is 5.69 Å². The topological polar surface area (TPSA) is 85.9 Å². The summed E-state index contributed by atoms with van der Waals surface area (Å²) >= 11 is 0. The van der Waals surface area contributed by atoms with Crippen LogP contribution in [0.15, 0.2) is 18.2 Å². The maximum atomic E-state index is 11.5. The maximum absolute atomic E-state index is 11.5. The average Bonchev–Trinajstić information content (AvgIpc) is 2.25. The molecule has 0 saturated heterocycles. The molecule has 92 valence electrons. The van der Waals surface area contributed by atoms with Crippen molar-refractivity contribution in [2.24, 2.45) is 0 Å². The van der Waals surface area contributed by atoms with E-state index in [2.05, 4.69) is 5.32 Å². The zero-order chi connectivity index (χ0) is 13.8. The van der Waals surface area contributed by atoms with Gasteiger partial charge in [0.25, 0.3) is 0 Å². The highest BCUT2D eigenvalue weighted by atomic mass is 16.6. The van der Waals surface area contributed by atoms with E-state index in [1.54, 1.807) is 20.8 Å². The molecule has 0 unspecified atom stereocenters. The summed E-state index contributed by atoms with van der Waals surface area (Å²) < 4.78 is 5.07. The fraction of sp³-hybridized carbons (Fsp3) is 0.308. The van der Waals surface area contributed by atoms with Crippen molar-refractivity contribution in [1.82, 2.24) is 0 Å². The van der Waals surface area contributed by atoms with Gasteiger partial charge in [0.05, 0.1) is 23.3 Å². The van der Waals surface area contributed by atoms with Gasteiger partial charge >= 0.3 is 6.09 Å². The predicted octanol–water partition coefficient (Wildman–Crippen LogP) is 2.78. The van der Waals surface area contributed by atoms with Gasteiger partial charge in [-0.15, -0.1) is 0 Å². The van der Waals surface area contributed by atoms with Gasteiger partial charge in [-0.05, 0) is 39.0 Å². The highest BCUT2D eigenvalue weighted by Crippen LogP contribution is 2.15. The van der Waals surface area contributed by atoms with Crippen molar-refractivity contribution >= 4 is 11.8 Å². The van der Waals surface area contributed by atoms with Gasteiger partial charge in [-0.25, -0.2) is 4.79 Å². The second-order valence-corrected chi connectivity index (χ2v) is 4.65. The van der Waals surface area contributed by atoms with Crippen molar-refractivity contribution in [2.45, 2.75) is 26.4 Å². The number of amides is 1. The summed E-state index contributed by atoms with van der Waals surface area (Å²) in [5.41, 5.74) is 0.370. The molecule has 1 aromatic carbocycles. The molecule has 1 rings (SSSR count). The molecular formula is C13H13N3O2. The molecule has 1 amide bonds. The monoisotopic (exact) mass is 243 g/mol. The molecular weight excluding hydrogens is 230 g/mol. The first-order chi connectivity index (χ1) is 8.34. The lowest BCUT2D eigenvalue weighted by atomic mass is 10.1. The summed E-state index contributed by atoms with van der Waals surface area (Å²) in [7, 11) is 0. The Balaban J connectivity index is 2.89. The highest BCUT2D eigenvalue weighted by molar-refractivity contribution is 5.85. The minimum absolute atomic E-state index is 0.306. The van der Waals surface area contributed by atoms with Crippen LogP contribution in [0.4, 0.5) is 10.5 Å². The number of nitriles is 2. The largest absolute Gasteiger partial charge is 0.444 e. The average molecular weight is 243 g/mol. The summed E-state index contributed by atoms with van der Waals surface area (Å²) in [5.74, 6) is 0. The van der Waals surface area contributed by atoms with Crippen LogP contribution in [0.25, 0.3) is 0 Å². The lowest BCUT2D eigenvalue weighted by Gasteiger charge is -2.19. The zero-order valence-corrected chi connectivity index (χ0v) is 10.4. The van der Waals surface area contributed by atoms with E-state index in [0.717, 1.165) is 0 Å². The van der Waals surface area contributed by atoms with Crippen LogP contribution < -0.4 is 5.32 Å². The van der Waals surface area contributed by atoms with Crippen LogP contribution >= 0.6 is 0 Å². The van der Waals surface area contributed by atoms with Crippen LogP contribution in [0.5, 0.6) is 0 Å². The first kappa shape index (κ1) is 13.5. The van der Waals surface area contributed by atoms with E-state index in [-0.39, 0.29) is 0 Å². The van der Waals surface area contributed by atoms with Gasteiger partial charge in [-0.2, -0.15) is 10.5 Å². The molecule has 5 heteroatoms. The van der Waals surface area contributed by atoms with Crippen LogP contribution in [-0.4, -0.2) is 11.7 Å². The lowest BCUT2D eigenvalue weighted by molar-refractivity contribution is 0.0636. The second kappa shape index (κ2) is 5.20. The SMILES string of the molecule is CC(C)(C)OC(=O)Nc1cc(C#N)cc(C#N)c1. The number of benzene rings is 1. The highest BCUT2D eigenvalue weighted by Gasteiger charge is 2.16. The zero-order valence-electron chi connectivity index (χ0n) is 10.4. The minimum atomic E-state index is -0.624. The minimum Gasteiger partial charge on any atom is -0.444 e.